The third kappa shape index (κ3) is 4.62. The lowest BCUT2D eigenvalue weighted by Crippen LogP contribution is -2.30. The van der Waals surface area contributed by atoms with Gasteiger partial charge in [-0.15, -0.1) is 11.8 Å². The second-order valence-electron chi connectivity index (χ2n) is 4.55. The average Bonchev–Trinajstić information content (AvgIpc) is 2.45. The van der Waals surface area contributed by atoms with Crippen molar-refractivity contribution in [1.82, 2.24) is 5.32 Å². The van der Waals surface area contributed by atoms with Crippen LogP contribution in [0.5, 0.6) is 0 Å². The molecule has 0 radical (unpaired) electrons. The summed E-state index contributed by atoms with van der Waals surface area (Å²) in [7, 11) is 1.97. The number of rotatable bonds is 6. The Morgan fingerprint density at radius 2 is 2.00 bits per heavy atom. The van der Waals surface area contributed by atoms with Gasteiger partial charge >= 0.3 is 0 Å². The molecule has 1 unspecified atom stereocenters. The lowest BCUT2D eigenvalue weighted by molar-refractivity contribution is 0.614. The van der Waals surface area contributed by atoms with Gasteiger partial charge < -0.3 is 5.32 Å². The Labute approximate surface area is 132 Å². The molecule has 0 saturated heterocycles. The van der Waals surface area contributed by atoms with E-state index in [0.717, 1.165) is 21.5 Å². The minimum absolute atomic E-state index is 0.179. The Hall–Kier alpha value is -0.840. The number of hydrogen-bond acceptors (Lipinski definition) is 2. The molecule has 0 amide bonds. The van der Waals surface area contributed by atoms with Crippen molar-refractivity contribution in [1.29, 1.82) is 0 Å². The van der Waals surface area contributed by atoms with Gasteiger partial charge in [0.05, 0.1) is 0 Å². The molecule has 1 atom stereocenters. The van der Waals surface area contributed by atoms with E-state index in [1.165, 1.54) is 11.6 Å². The molecule has 0 aliphatic carbocycles. The van der Waals surface area contributed by atoms with E-state index in [1.54, 1.807) is 23.9 Å². The predicted octanol–water partition coefficient (Wildman–Crippen LogP) is 4.51. The van der Waals surface area contributed by atoms with E-state index in [1.807, 2.05) is 25.2 Å². The van der Waals surface area contributed by atoms with E-state index < -0.39 is 0 Å². The fourth-order valence-electron chi connectivity index (χ4n) is 1.93. The highest BCUT2D eigenvalue weighted by Crippen LogP contribution is 2.22. The number of benzene rings is 2. The normalized spacial score (nSPS) is 12.3. The van der Waals surface area contributed by atoms with Crippen LogP contribution < -0.4 is 5.32 Å². The molecule has 0 aliphatic heterocycles. The van der Waals surface area contributed by atoms with Gasteiger partial charge in [-0.3, -0.25) is 0 Å². The summed E-state index contributed by atoms with van der Waals surface area (Å²) in [4.78, 5) is 0.970. The topological polar surface area (TPSA) is 12.0 Å². The Balaban J connectivity index is 1.94. The van der Waals surface area contributed by atoms with Crippen molar-refractivity contribution in [2.45, 2.75) is 17.4 Å². The minimum Gasteiger partial charge on any atom is -0.316 e. The Morgan fingerprint density at radius 1 is 1.20 bits per heavy atom. The van der Waals surface area contributed by atoms with Crippen molar-refractivity contribution in [2.24, 2.45) is 0 Å². The molecular formula is C16H17BrFNS. The lowest BCUT2D eigenvalue weighted by Gasteiger charge is -2.16. The summed E-state index contributed by atoms with van der Waals surface area (Å²) in [5, 5.41) is 3.33. The van der Waals surface area contributed by atoms with Gasteiger partial charge in [-0.05, 0) is 43.3 Å². The molecule has 0 saturated carbocycles. The highest BCUT2D eigenvalue weighted by molar-refractivity contribution is 9.10. The molecular weight excluding hydrogens is 337 g/mol. The van der Waals surface area contributed by atoms with Gasteiger partial charge in [-0.2, -0.15) is 0 Å². The van der Waals surface area contributed by atoms with Crippen molar-refractivity contribution >= 4 is 27.7 Å². The van der Waals surface area contributed by atoms with Crippen molar-refractivity contribution in [2.75, 3.05) is 12.8 Å². The molecule has 1 nitrogen and oxygen atoms in total. The van der Waals surface area contributed by atoms with Gasteiger partial charge in [0.2, 0.25) is 0 Å². The molecule has 0 aliphatic rings. The van der Waals surface area contributed by atoms with E-state index in [4.69, 9.17) is 0 Å². The number of likely N-dealkylation sites (N-methyl/N-ethyl adjacent to an activating group) is 1. The van der Waals surface area contributed by atoms with Crippen LogP contribution in [0.1, 0.15) is 5.56 Å². The maximum Gasteiger partial charge on any atom is 0.124 e. The highest BCUT2D eigenvalue weighted by atomic mass is 79.9. The number of nitrogens with one attached hydrogen (secondary N) is 1. The van der Waals surface area contributed by atoms with Gasteiger partial charge in [-0.25, -0.2) is 4.39 Å². The largest absolute Gasteiger partial charge is 0.316 e. The Kier molecular flexibility index (Phi) is 6.07. The van der Waals surface area contributed by atoms with Crippen LogP contribution in [0.15, 0.2) is 57.9 Å². The molecule has 106 valence electrons. The van der Waals surface area contributed by atoms with Crippen LogP contribution in [0.3, 0.4) is 0 Å². The first-order valence-electron chi connectivity index (χ1n) is 6.48. The summed E-state index contributed by atoms with van der Waals surface area (Å²) in [6.45, 7) is 0. The third-order valence-electron chi connectivity index (χ3n) is 3.08. The van der Waals surface area contributed by atoms with Gasteiger partial charge in [0.1, 0.15) is 5.82 Å². The molecule has 0 aromatic heterocycles. The van der Waals surface area contributed by atoms with Crippen molar-refractivity contribution < 1.29 is 4.39 Å². The molecule has 20 heavy (non-hydrogen) atoms. The van der Waals surface area contributed by atoms with Crippen molar-refractivity contribution in [3.63, 3.8) is 0 Å². The molecule has 2 rings (SSSR count). The van der Waals surface area contributed by atoms with E-state index in [0.29, 0.717) is 6.04 Å². The zero-order chi connectivity index (χ0) is 14.4. The molecule has 0 heterocycles. The number of thioether (sulfide) groups is 1. The molecule has 2 aromatic carbocycles. The summed E-state index contributed by atoms with van der Waals surface area (Å²) in [6.07, 6.45) is 0.945. The number of hydrogen-bond donors (Lipinski definition) is 1. The average molecular weight is 354 g/mol. The molecule has 0 bridgehead atoms. The van der Waals surface area contributed by atoms with Crippen LogP contribution in [-0.2, 0) is 6.42 Å². The first-order valence-corrected chi connectivity index (χ1v) is 8.26. The van der Waals surface area contributed by atoms with E-state index in [2.05, 4.69) is 33.4 Å². The third-order valence-corrected chi connectivity index (χ3v) is 5.01. The zero-order valence-corrected chi connectivity index (χ0v) is 13.7. The maximum atomic E-state index is 13.1. The first-order chi connectivity index (χ1) is 9.69. The van der Waals surface area contributed by atoms with Gasteiger partial charge in [0.25, 0.3) is 0 Å². The van der Waals surface area contributed by atoms with Crippen molar-refractivity contribution in [3.8, 4) is 0 Å². The minimum atomic E-state index is -0.179. The van der Waals surface area contributed by atoms with Crippen LogP contribution in [-0.4, -0.2) is 18.8 Å². The quantitative estimate of drug-likeness (QED) is 0.766. The SMILES string of the molecule is CNC(CSc1cccc(F)c1)Cc1ccccc1Br. The Bertz CT molecular complexity index is 562. The van der Waals surface area contributed by atoms with E-state index >= 15 is 0 Å². The van der Waals surface area contributed by atoms with Crippen LogP contribution in [0.25, 0.3) is 0 Å². The van der Waals surface area contributed by atoms with Crippen LogP contribution >= 0.6 is 27.7 Å². The predicted molar refractivity (Wildman–Crippen MR) is 87.8 cm³/mol. The summed E-state index contributed by atoms with van der Waals surface area (Å²) in [5.74, 6) is 0.725. The van der Waals surface area contributed by atoms with Gasteiger partial charge in [0, 0.05) is 21.2 Å². The fourth-order valence-corrected chi connectivity index (χ4v) is 3.42. The summed E-state index contributed by atoms with van der Waals surface area (Å²) < 4.78 is 14.3. The second-order valence-corrected chi connectivity index (χ2v) is 6.50. The maximum absolute atomic E-state index is 13.1. The van der Waals surface area contributed by atoms with Crippen LogP contribution in [0.4, 0.5) is 4.39 Å². The summed E-state index contributed by atoms with van der Waals surface area (Å²) in [6, 6.07) is 15.3. The smallest absolute Gasteiger partial charge is 0.124 e. The monoisotopic (exact) mass is 353 g/mol. The van der Waals surface area contributed by atoms with Gasteiger partial charge in [-0.1, -0.05) is 40.2 Å². The van der Waals surface area contributed by atoms with Crippen LogP contribution in [0, 0.1) is 5.82 Å². The second kappa shape index (κ2) is 7.81. The van der Waals surface area contributed by atoms with Crippen LogP contribution in [0.2, 0.25) is 0 Å². The standard InChI is InChI=1S/C16H17BrFNS/c1-19-14(9-12-5-2-3-8-16(12)17)11-20-15-7-4-6-13(18)10-15/h2-8,10,14,19H,9,11H2,1H3. The number of halogens is 2. The molecule has 2 aromatic rings. The summed E-state index contributed by atoms with van der Waals surface area (Å²) in [5.41, 5.74) is 1.28. The van der Waals surface area contributed by atoms with E-state index in [9.17, 15) is 4.39 Å². The fraction of sp³-hybridized carbons (Fsp3) is 0.250. The highest BCUT2D eigenvalue weighted by Gasteiger charge is 2.10. The molecule has 1 N–H and O–H groups in total. The van der Waals surface area contributed by atoms with Crippen molar-refractivity contribution in [3.05, 3.63) is 64.4 Å². The Morgan fingerprint density at radius 3 is 2.70 bits per heavy atom. The zero-order valence-electron chi connectivity index (χ0n) is 11.3. The van der Waals surface area contributed by atoms with Gasteiger partial charge in [0.15, 0.2) is 0 Å². The first kappa shape index (κ1) is 15.5. The lowest BCUT2D eigenvalue weighted by atomic mass is 10.1. The molecule has 0 spiro atoms. The summed E-state index contributed by atoms with van der Waals surface area (Å²) >= 11 is 5.25. The molecule has 4 heteroatoms. The van der Waals surface area contributed by atoms with E-state index in [-0.39, 0.29) is 5.82 Å². The molecule has 0 fully saturated rings.